The van der Waals surface area contributed by atoms with Crippen LogP contribution in [0.3, 0.4) is 0 Å². The first-order valence-corrected chi connectivity index (χ1v) is 11.3. The molecule has 0 bridgehead atoms. The van der Waals surface area contributed by atoms with Crippen LogP contribution in [0.4, 0.5) is 0 Å². The lowest BCUT2D eigenvalue weighted by atomic mass is 10.0. The van der Waals surface area contributed by atoms with E-state index in [1.54, 1.807) is 0 Å². The van der Waals surface area contributed by atoms with Gasteiger partial charge in [0.1, 0.15) is 23.7 Å². The Balaban J connectivity index is 1.60. The third-order valence-corrected chi connectivity index (χ3v) is 8.42. The van der Waals surface area contributed by atoms with Gasteiger partial charge in [0.05, 0.1) is 9.81 Å². The van der Waals surface area contributed by atoms with E-state index in [4.69, 9.17) is 4.74 Å². The van der Waals surface area contributed by atoms with Crippen molar-refractivity contribution in [2.45, 2.75) is 18.3 Å². The molecule has 0 radical (unpaired) electrons. The van der Waals surface area contributed by atoms with Crippen LogP contribution in [0, 0.1) is 0 Å². The maximum atomic E-state index is 12.8. The van der Waals surface area contributed by atoms with Crippen LogP contribution in [0.1, 0.15) is 6.92 Å². The summed E-state index contributed by atoms with van der Waals surface area (Å²) in [5.74, 6) is -1.82. The quantitative estimate of drug-likeness (QED) is 0.368. The predicted molar refractivity (Wildman–Crippen MR) is 102 cm³/mol. The number of carbonyl (C=O) groups excluding carboxylic acids is 4. The second kappa shape index (κ2) is 7.16. The monoisotopic (exact) mass is 442 g/mol. The van der Waals surface area contributed by atoms with E-state index in [9.17, 15) is 29.1 Å². The highest BCUT2D eigenvalue weighted by Crippen LogP contribution is 2.47. The van der Waals surface area contributed by atoms with Gasteiger partial charge in [-0.2, -0.15) is 0 Å². The summed E-state index contributed by atoms with van der Waals surface area (Å²) < 4.78 is 4.89. The molecule has 28 heavy (non-hydrogen) atoms. The minimum Gasteiger partial charge on any atom is -0.477 e. The molecular weight excluding hydrogens is 428 g/mol. The van der Waals surface area contributed by atoms with Gasteiger partial charge < -0.3 is 9.84 Å². The van der Waals surface area contributed by atoms with Crippen molar-refractivity contribution in [3.63, 3.8) is 0 Å². The lowest BCUT2D eigenvalue weighted by Gasteiger charge is -2.51. The van der Waals surface area contributed by atoms with Crippen LogP contribution in [-0.2, 0) is 28.7 Å². The number of imide groups is 1. The van der Waals surface area contributed by atoms with E-state index in [1.807, 2.05) is 0 Å². The summed E-state index contributed by atoms with van der Waals surface area (Å²) in [4.78, 5) is 63.8. The Hall–Kier alpha value is -1.92. The molecule has 148 valence electrons. The standard InChI is InChI=1S/C16H14N2O7S3/c1-6(19)25-4-7-5-28-15-9(12(20)18(15)8(7)16(23)24)17-13(21)10-11(14(17)22)27-3-2-26-10/h9,15H,2-5H2,1H3,(H,23,24)/t9?,15-/m1/s1. The zero-order valence-corrected chi connectivity index (χ0v) is 16.9. The smallest absolute Gasteiger partial charge is 0.352 e. The fraction of sp³-hybridized carbons (Fsp3) is 0.438. The first-order chi connectivity index (χ1) is 13.3. The van der Waals surface area contributed by atoms with Gasteiger partial charge in [-0.3, -0.25) is 29.0 Å². The molecule has 4 aliphatic heterocycles. The van der Waals surface area contributed by atoms with Crippen molar-refractivity contribution in [2.24, 2.45) is 0 Å². The van der Waals surface area contributed by atoms with Gasteiger partial charge in [0.2, 0.25) is 0 Å². The third-order valence-electron chi connectivity index (χ3n) is 4.56. The number of hydrogen-bond acceptors (Lipinski definition) is 9. The topological polar surface area (TPSA) is 121 Å². The predicted octanol–water partition coefficient (Wildman–Crippen LogP) is 0.232. The summed E-state index contributed by atoms with van der Waals surface area (Å²) in [7, 11) is 0. The van der Waals surface area contributed by atoms with Crippen molar-refractivity contribution in [2.75, 3.05) is 23.9 Å². The number of carbonyl (C=O) groups is 5. The Morgan fingerprint density at radius 3 is 2.25 bits per heavy atom. The van der Waals surface area contributed by atoms with Gasteiger partial charge in [0.25, 0.3) is 17.7 Å². The lowest BCUT2D eigenvalue weighted by Crippen LogP contribution is -2.71. The molecule has 0 aromatic carbocycles. The van der Waals surface area contributed by atoms with E-state index in [0.29, 0.717) is 26.9 Å². The van der Waals surface area contributed by atoms with Gasteiger partial charge in [-0.05, 0) is 0 Å². The number of β-lactam (4-membered cyclic amide) rings is 1. The van der Waals surface area contributed by atoms with E-state index >= 15 is 0 Å². The molecule has 4 rings (SSSR count). The lowest BCUT2D eigenvalue weighted by molar-refractivity contribution is -0.162. The molecule has 0 aromatic rings. The van der Waals surface area contributed by atoms with E-state index in [-0.39, 0.29) is 18.1 Å². The van der Waals surface area contributed by atoms with E-state index in [1.165, 1.54) is 42.2 Å². The Labute approximate surface area is 171 Å². The molecule has 0 spiro atoms. The third kappa shape index (κ3) is 2.85. The molecule has 0 saturated carbocycles. The highest BCUT2D eigenvalue weighted by Gasteiger charge is 2.60. The van der Waals surface area contributed by atoms with Gasteiger partial charge in [0, 0.05) is 29.8 Å². The maximum absolute atomic E-state index is 12.8. The number of nitrogens with zero attached hydrogens (tertiary/aromatic N) is 2. The van der Waals surface area contributed by atoms with E-state index in [2.05, 4.69) is 0 Å². The summed E-state index contributed by atoms with van der Waals surface area (Å²) >= 11 is 3.86. The van der Waals surface area contributed by atoms with Crippen molar-refractivity contribution < 1.29 is 33.8 Å². The number of thioether (sulfide) groups is 3. The second-order valence-corrected chi connectivity index (χ2v) is 9.54. The molecular formula is C16H14N2O7S3. The minimum absolute atomic E-state index is 0.215. The summed E-state index contributed by atoms with van der Waals surface area (Å²) in [6, 6.07) is -1.03. The van der Waals surface area contributed by atoms with Crippen molar-refractivity contribution >= 4 is 64.9 Å². The van der Waals surface area contributed by atoms with Gasteiger partial charge in [-0.1, -0.05) is 0 Å². The van der Waals surface area contributed by atoms with Gasteiger partial charge in [-0.25, -0.2) is 4.79 Å². The molecule has 2 atom stereocenters. The Kier molecular flexibility index (Phi) is 4.96. The largest absolute Gasteiger partial charge is 0.477 e. The molecule has 0 aliphatic carbocycles. The number of hydrogen-bond donors (Lipinski definition) is 1. The number of carboxylic acids is 1. The average molecular weight is 442 g/mol. The number of ether oxygens (including phenoxy) is 1. The average Bonchev–Trinajstić information content (AvgIpc) is 2.91. The van der Waals surface area contributed by atoms with Crippen LogP contribution in [0.2, 0.25) is 0 Å². The van der Waals surface area contributed by atoms with Gasteiger partial charge in [-0.15, -0.1) is 35.3 Å². The number of amides is 3. The maximum Gasteiger partial charge on any atom is 0.352 e. The van der Waals surface area contributed by atoms with Crippen LogP contribution < -0.4 is 0 Å². The molecule has 3 amide bonds. The zero-order valence-electron chi connectivity index (χ0n) is 14.5. The van der Waals surface area contributed by atoms with Crippen LogP contribution in [0.15, 0.2) is 21.1 Å². The molecule has 1 fully saturated rings. The SMILES string of the molecule is CC(=O)OCC1=C(C(=O)O)N2C(=O)C(N3C(=O)C4=C(SCCS4)C3=O)[C@H]2SC1. The first kappa shape index (κ1) is 19.4. The summed E-state index contributed by atoms with van der Waals surface area (Å²) in [5.41, 5.74) is 0.0603. The molecule has 4 heterocycles. The first-order valence-electron chi connectivity index (χ1n) is 8.24. The number of carboxylic acid groups (broad SMARTS) is 1. The van der Waals surface area contributed by atoms with Crippen LogP contribution in [0.5, 0.6) is 0 Å². The molecule has 9 nitrogen and oxygen atoms in total. The molecule has 4 aliphatic rings. The highest BCUT2D eigenvalue weighted by molar-refractivity contribution is 8.11. The number of esters is 1. The molecule has 0 aromatic heterocycles. The zero-order chi connectivity index (χ0) is 20.2. The fourth-order valence-electron chi connectivity index (χ4n) is 3.37. The van der Waals surface area contributed by atoms with Crippen molar-refractivity contribution in [3.8, 4) is 0 Å². The van der Waals surface area contributed by atoms with E-state index < -0.39 is 41.1 Å². The van der Waals surface area contributed by atoms with Crippen LogP contribution in [0.25, 0.3) is 0 Å². The summed E-state index contributed by atoms with van der Waals surface area (Å²) in [5, 5.41) is 8.91. The summed E-state index contributed by atoms with van der Waals surface area (Å²) in [6.45, 7) is 0.982. The number of rotatable bonds is 4. The highest BCUT2D eigenvalue weighted by atomic mass is 32.2. The van der Waals surface area contributed by atoms with Crippen molar-refractivity contribution in [3.05, 3.63) is 21.1 Å². The Morgan fingerprint density at radius 1 is 1.11 bits per heavy atom. The van der Waals surface area contributed by atoms with Crippen LogP contribution in [-0.4, -0.2) is 79.8 Å². The van der Waals surface area contributed by atoms with Gasteiger partial charge in [0.15, 0.2) is 0 Å². The Bertz CT molecular complexity index is 869. The normalized spacial score (nSPS) is 27.0. The van der Waals surface area contributed by atoms with Crippen molar-refractivity contribution in [1.29, 1.82) is 0 Å². The molecule has 1 unspecified atom stereocenters. The van der Waals surface area contributed by atoms with Crippen molar-refractivity contribution in [1.82, 2.24) is 9.80 Å². The number of aliphatic carboxylic acids is 1. The Morgan fingerprint density at radius 2 is 1.71 bits per heavy atom. The minimum atomic E-state index is -1.32. The van der Waals surface area contributed by atoms with Crippen LogP contribution >= 0.6 is 35.3 Å². The molecule has 1 N–H and O–H groups in total. The van der Waals surface area contributed by atoms with E-state index in [0.717, 1.165) is 9.80 Å². The second-order valence-electron chi connectivity index (χ2n) is 6.23. The molecule has 1 saturated heterocycles. The fourth-order valence-corrected chi connectivity index (χ4v) is 7.05. The number of fused-ring (bicyclic) bond motifs is 1. The molecule has 12 heteroatoms. The van der Waals surface area contributed by atoms with Gasteiger partial charge >= 0.3 is 11.9 Å². The summed E-state index contributed by atoms with van der Waals surface area (Å²) in [6.07, 6.45) is 0.